The molecule has 1 aromatic carbocycles. The summed E-state index contributed by atoms with van der Waals surface area (Å²) >= 11 is 0. The fraction of sp³-hybridized carbons (Fsp3) is 0.433. The zero-order valence-electron chi connectivity index (χ0n) is 23.8. The van der Waals surface area contributed by atoms with Gasteiger partial charge in [0.1, 0.15) is 5.82 Å². The highest BCUT2D eigenvalue weighted by atomic mass is 19.2. The van der Waals surface area contributed by atoms with Gasteiger partial charge in [-0.3, -0.25) is 14.3 Å². The summed E-state index contributed by atoms with van der Waals surface area (Å²) in [5.41, 5.74) is 2.13. The number of H-pyrrole nitrogens is 1. The van der Waals surface area contributed by atoms with Crippen LogP contribution in [0.1, 0.15) is 67.7 Å². The molecule has 0 aliphatic carbocycles. The number of carbonyl (C=O) groups is 2. The number of hydrogen-bond acceptors (Lipinski definition) is 6. The van der Waals surface area contributed by atoms with Crippen molar-refractivity contribution in [3.05, 3.63) is 81.9 Å². The van der Waals surface area contributed by atoms with Gasteiger partial charge in [-0.1, -0.05) is 12.1 Å². The topological polar surface area (TPSA) is 127 Å². The zero-order chi connectivity index (χ0) is 30.1. The van der Waals surface area contributed by atoms with Crippen LogP contribution >= 0.6 is 0 Å². The first-order chi connectivity index (χ1) is 20.8. The molecule has 226 valence electrons. The van der Waals surface area contributed by atoms with E-state index in [0.29, 0.717) is 63.2 Å². The molecule has 1 saturated heterocycles. The number of imidazole rings is 2. The number of carbonyl (C=O) groups excluding carboxylic acids is 2. The van der Waals surface area contributed by atoms with Crippen molar-refractivity contribution in [2.45, 2.75) is 63.6 Å². The van der Waals surface area contributed by atoms with Crippen molar-refractivity contribution in [3.63, 3.8) is 0 Å². The quantitative estimate of drug-likeness (QED) is 0.326. The second-order valence-corrected chi connectivity index (χ2v) is 11.1. The molecule has 2 aliphatic rings. The molecule has 1 fully saturated rings. The van der Waals surface area contributed by atoms with Crippen LogP contribution in [0.4, 0.5) is 13.6 Å². The minimum atomic E-state index is -0.901. The van der Waals surface area contributed by atoms with E-state index >= 15 is 0 Å². The van der Waals surface area contributed by atoms with Gasteiger partial charge in [0.15, 0.2) is 17.3 Å². The lowest BCUT2D eigenvalue weighted by Gasteiger charge is -2.33. The smallest absolute Gasteiger partial charge is 0.327 e. The van der Waals surface area contributed by atoms with E-state index in [1.165, 1.54) is 13.0 Å². The van der Waals surface area contributed by atoms with Crippen LogP contribution in [-0.2, 0) is 22.5 Å². The molecule has 5 heterocycles. The molecular formula is C30H33F2N7O4. The number of esters is 1. The van der Waals surface area contributed by atoms with E-state index in [1.54, 1.807) is 34.0 Å². The van der Waals surface area contributed by atoms with Crippen LogP contribution in [0.2, 0.25) is 0 Å². The molecular weight excluding hydrogens is 560 g/mol. The maximum Gasteiger partial charge on any atom is 0.327 e. The third-order valence-corrected chi connectivity index (χ3v) is 8.48. The molecule has 2 amide bonds. The predicted octanol–water partition coefficient (Wildman–Crippen LogP) is 3.97. The molecule has 0 saturated carbocycles. The first-order valence-corrected chi connectivity index (χ1v) is 14.5. The van der Waals surface area contributed by atoms with Crippen LogP contribution in [0.5, 0.6) is 0 Å². The molecule has 2 N–H and O–H groups in total. The van der Waals surface area contributed by atoms with Gasteiger partial charge in [0.25, 0.3) is 0 Å². The standard InChI is InChI=1S/C30H33F2N7O4/c1-18(40)43-15-11-21-16-34-28-24(8-7-19(17-38(21)28)22-4-2-5-23(31)26(22)32)35-29(41)37-13-9-20(10-14-37)39-25-6-3-12-33-27(25)36-30(39)42/h2-6,12,16,19-20,24H,7-11,13-15,17H2,1H3,(H,35,41)(H,33,36,42)/t19-,24-/m1/s1. The highest BCUT2D eigenvalue weighted by Gasteiger charge is 2.33. The number of hydrogen-bond donors (Lipinski definition) is 2. The van der Waals surface area contributed by atoms with Crippen LogP contribution in [0.3, 0.4) is 0 Å². The number of urea groups is 1. The highest BCUT2D eigenvalue weighted by molar-refractivity contribution is 5.75. The first-order valence-electron chi connectivity index (χ1n) is 14.5. The number of ether oxygens (including phenoxy) is 1. The highest BCUT2D eigenvalue weighted by Crippen LogP contribution is 2.35. The number of rotatable bonds is 6. The number of aromatic nitrogens is 5. The molecule has 2 atom stereocenters. The second kappa shape index (κ2) is 12.0. The second-order valence-electron chi connectivity index (χ2n) is 11.1. The molecule has 4 aromatic rings. The lowest BCUT2D eigenvalue weighted by molar-refractivity contribution is -0.140. The maximum atomic E-state index is 14.8. The molecule has 13 heteroatoms. The first kappa shape index (κ1) is 28.6. The van der Waals surface area contributed by atoms with Gasteiger partial charge < -0.3 is 19.5 Å². The number of fused-ring (bicyclic) bond motifs is 2. The SMILES string of the molecule is CC(=O)OCCc1cnc2n1C[C@H](c1cccc(F)c1F)CC[C@H]2NC(=O)N1CCC(n2c(=O)[nH]c3ncccc32)CC1. The Bertz CT molecular complexity index is 1710. The Kier molecular flexibility index (Phi) is 7.96. The van der Waals surface area contributed by atoms with E-state index in [9.17, 15) is 23.2 Å². The molecule has 0 radical (unpaired) electrons. The largest absolute Gasteiger partial charge is 0.465 e. The normalized spacial score (nSPS) is 19.2. The molecule has 0 unspecified atom stereocenters. The summed E-state index contributed by atoms with van der Waals surface area (Å²) in [6, 6.07) is 7.07. The van der Waals surface area contributed by atoms with Gasteiger partial charge in [-0.05, 0) is 49.4 Å². The van der Waals surface area contributed by atoms with E-state index in [1.807, 2.05) is 10.6 Å². The monoisotopic (exact) mass is 593 g/mol. The Labute approximate surface area is 245 Å². The minimum absolute atomic E-state index is 0.0621. The van der Waals surface area contributed by atoms with Gasteiger partial charge in [0.05, 0.1) is 18.2 Å². The molecule has 11 nitrogen and oxygen atoms in total. The molecule has 0 bridgehead atoms. The predicted molar refractivity (Wildman–Crippen MR) is 152 cm³/mol. The summed E-state index contributed by atoms with van der Waals surface area (Å²) in [5.74, 6) is -1.89. The summed E-state index contributed by atoms with van der Waals surface area (Å²) in [6.07, 6.45) is 5.89. The van der Waals surface area contributed by atoms with E-state index in [-0.39, 0.29) is 35.9 Å². The Morgan fingerprint density at radius 2 is 1.91 bits per heavy atom. The minimum Gasteiger partial charge on any atom is -0.465 e. The Morgan fingerprint density at radius 1 is 1.09 bits per heavy atom. The number of amides is 2. The van der Waals surface area contributed by atoms with Crippen molar-refractivity contribution in [3.8, 4) is 0 Å². The number of benzene rings is 1. The van der Waals surface area contributed by atoms with E-state index < -0.39 is 23.6 Å². The number of nitrogens with one attached hydrogen (secondary N) is 2. The van der Waals surface area contributed by atoms with Gasteiger partial charge in [-0.15, -0.1) is 0 Å². The van der Waals surface area contributed by atoms with Gasteiger partial charge in [0.2, 0.25) is 0 Å². The fourth-order valence-corrected chi connectivity index (χ4v) is 6.34. The van der Waals surface area contributed by atoms with Crippen molar-refractivity contribution in [2.75, 3.05) is 19.7 Å². The van der Waals surface area contributed by atoms with Crippen LogP contribution in [0.15, 0.2) is 47.5 Å². The van der Waals surface area contributed by atoms with E-state index in [2.05, 4.69) is 20.3 Å². The average Bonchev–Trinajstić information content (AvgIpc) is 3.49. The Hall–Kier alpha value is -4.55. The summed E-state index contributed by atoms with van der Waals surface area (Å²) < 4.78 is 37.8. The molecule has 0 spiro atoms. The number of piperidine rings is 1. The number of halogens is 2. The van der Waals surface area contributed by atoms with Crippen LogP contribution in [0, 0.1) is 11.6 Å². The molecule has 3 aromatic heterocycles. The van der Waals surface area contributed by atoms with Crippen molar-refractivity contribution in [1.29, 1.82) is 0 Å². The third-order valence-electron chi connectivity index (χ3n) is 8.48. The molecule has 6 rings (SSSR count). The van der Waals surface area contributed by atoms with E-state index in [0.717, 1.165) is 17.3 Å². The lowest BCUT2D eigenvalue weighted by Crippen LogP contribution is -2.46. The van der Waals surface area contributed by atoms with Gasteiger partial charge in [0, 0.05) is 63.0 Å². The van der Waals surface area contributed by atoms with Crippen molar-refractivity contribution in [2.24, 2.45) is 0 Å². The number of nitrogens with zero attached hydrogens (tertiary/aromatic N) is 5. The summed E-state index contributed by atoms with van der Waals surface area (Å²) in [6.45, 7) is 2.76. The van der Waals surface area contributed by atoms with Gasteiger partial charge >= 0.3 is 17.7 Å². The maximum absolute atomic E-state index is 14.8. The van der Waals surface area contributed by atoms with Crippen molar-refractivity contribution >= 4 is 23.2 Å². The van der Waals surface area contributed by atoms with Crippen molar-refractivity contribution in [1.82, 2.24) is 34.3 Å². The van der Waals surface area contributed by atoms with Crippen LogP contribution < -0.4 is 11.0 Å². The molecule has 43 heavy (non-hydrogen) atoms. The zero-order valence-corrected chi connectivity index (χ0v) is 23.8. The van der Waals surface area contributed by atoms with Crippen LogP contribution in [0.25, 0.3) is 11.2 Å². The van der Waals surface area contributed by atoms with Gasteiger partial charge in [-0.25, -0.2) is 28.3 Å². The average molecular weight is 594 g/mol. The van der Waals surface area contributed by atoms with Crippen molar-refractivity contribution < 1.29 is 23.1 Å². The third kappa shape index (κ3) is 5.75. The number of pyridine rings is 1. The number of likely N-dealkylation sites (tertiary alicyclic amines) is 1. The lowest BCUT2D eigenvalue weighted by atomic mass is 9.92. The Balaban J connectivity index is 1.18. The summed E-state index contributed by atoms with van der Waals surface area (Å²) in [7, 11) is 0. The van der Waals surface area contributed by atoms with Gasteiger partial charge in [-0.2, -0.15) is 0 Å². The summed E-state index contributed by atoms with van der Waals surface area (Å²) in [5, 5.41) is 3.13. The molecule has 2 aliphatic heterocycles. The summed E-state index contributed by atoms with van der Waals surface area (Å²) in [4.78, 5) is 50.8. The Morgan fingerprint density at radius 3 is 2.70 bits per heavy atom. The van der Waals surface area contributed by atoms with Crippen LogP contribution in [-0.4, -0.2) is 60.7 Å². The fourth-order valence-electron chi connectivity index (χ4n) is 6.34. The van der Waals surface area contributed by atoms with E-state index in [4.69, 9.17) is 4.74 Å². The number of aromatic amines is 1.